The number of anilines is 1. The van der Waals surface area contributed by atoms with Crippen LogP contribution in [0.1, 0.15) is 41.6 Å². The van der Waals surface area contributed by atoms with Gasteiger partial charge in [-0.15, -0.1) is 0 Å². The zero-order valence-corrected chi connectivity index (χ0v) is 21.7. The number of amides is 2. The number of benzene rings is 3. The topological polar surface area (TPSA) is 100 Å². The second-order valence-corrected chi connectivity index (χ2v) is 10.2. The third-order valence-corrected chi connectivity index (χ3v) is 7.41. The van der Waals surface area contributed by atoms with E-state index >= 15 is 0 Å². The number of hydrogen-bond acceptors (Lipinski definition) is 6. The number of urea groups is 1. The third-order valence-electron chi connectivity index (χ3n) is 6.38. The van der Waals surface area contributed by atoms with Crippen LogP contribution in [-0.4, -0.2) is 40.5 Å². The van der Waals surface area contributed by atoms with Gasteiger partial charge in [-0.25, -0.2) is 4.79 Å². The Morgan fingerprint density at radius 3 is 2.27 bits per heavy atom. The van der Waals surface area contributed by atoms with Crippen molar-refractivity contribution in [2.45, 2.75) is 38.6 Å². The lowest BCUT2D eigenvalue weighted by Crippen LogP contribution is -2.38. The summed E-state index contributed by atoms with van der Waals surface area (Å²) in [5.74, 6) is 1.49. The molecule has 4 rings (SSSR count). The molecular formula is C29H34N2O5S. The first-order valence-corrected chi connectivity index (χ1v) is 13.6. The van der Waals surface area contributed by atoms with Gasteiger partial charge in [0.25, 0.3) is 0 Å². The summed E-state index contributed by atoms with van der Waals surface area (Å²) < 4.78 is 12.8. The number of carbonyl (C=O) groups is 1. The van der Waals surface area contributed by atoms with Crippen LogP contribution in [0.5, 0.6) is 0 Å². The predicted octanol–water partition coefficient (Wildman–Crippen LogP) is 5.02. The minimum absolute atomic E-state index is 0.00180. The lowest BCUT2D eigenvalue weighted by Gasteiger charge is -2.41. The van der Waals surface area contributed by atoms with Crippen LogP contribution in [0.15, 0.2) is 78.9 Å². The van der Waals surface area contributed by atoms with Crippen LogP contribution in [-0.2, 0) is 22.6 Å². The highest BCUT2D eigenvalue weighted by molar-refractivity contribution is 7.99. The number of ether oxygens (including phenoxy) is 2. The Balaban J connectivity index is 1.43. The van der Waals surface area contributed by atoms with Crippen LogP contribution in [0, 0.1) is 5.92 Å². The van der Waals surface area contributed by atoms with Gasteiger partial charge in [-0.2, -0.15) is 11.8 Å². The molecule has 0 unspecified atom stereocenters. The molecule has 3 aromatic carbocycles. The molecule has 4 N–H and O–H groups in total. The minimum Gasteiger partial charge on any atom is -0.396 e. The molecule has 196 valence electrons. The third kappa shape index (κ3) is 7.56. The first-order valence-electron chi connectivity index (χ1n) is 12.5. The van der Waals surface area contributed by atoms with Crippen molar-refractivity contribution in [3.8, 4) is 0 Å². The smallest absolute Gasteiger partial charge is 0.319 e. The van der Waals surface area contributed by atoms with Crippen molar-refractivity contribution in [1.82, 2.24) is 5.32 Å². The molecule has 3 aromatic rings. The van der Waals surface area contributed by atoms with Crippen molar-refractivity contribution in [3.63, 3.8) is 0 Å². The summed E-state index contributed by atoms with van der Waals surface area (Å²) >= 11 is 1.66. The van der Waals surface area contributed by atoms with Crippen molar-refractivity contribution >= 4 is 23.5 Å². The molecule has 1 aliphatic rings. The molecular weight excluding hydrogens is 488 g/mol. The van der Waals surface area contributed by atoms with Gasteiger partial charge in [-0.3, -0.25) is 0 Å². The maximum atomic E-state index is 12.3. The van der Waals surface area contributed by atoms with Gasteiger partial charge in [0.1, 0.15) is 0 Å². The number of aliphatic hydroxyl groups excluding tert-OH is 2. The van der Waals surface area contributed by atoms with Crippen LogP contribution in [0.25, 0.3) is 0 Å². The largest absolute Gasteiger partial charge is 0.396 e. The second kappa shape index (κ2) is 13.6. The molecule has 4 atom stereocenters. The number of aliphatic hydroxyl groups is 2. The van der Waals surface area contributed by atoms with E-state index in [9.17, 15) is 15.0 Å². The zero-order valence-electron chi connectivity index (χ0n) is 20.9. The first-order chi connectivity index (χ1) is 18.1. The molecule has 8 heteroatoms. The summed E-state index contributed by atoms with van der Waals surface area (Å²) in [6.07, 6.45) is -0.827. The molecule has 37 heavy (non-hydrogen) atoms. The van der Waals surface area contributed by atoms with Crippen LogP contribution >= 0.6 is 11.8 Å². The van der Waals surface area contributed by atoms with E-state index in [1.807, 2.05) is 78.9 Å². The summed E-state index contributed by atoms with van der Waals surface area (Å²) in [5, 5.41) is 24.3. The Kier molecular flexibility index (Phi) is 9.99. The molecule has 0 radical (unpaired) electrons. The quantitative estimate of drug-likeness (QED) is 0.279. The average Bonchev–Trinajstić information content (AvgIpc) is 2.94. The Bertz CT molecular complexity index is 1110. The Labute approximate surface area is 222 Å². The first kappa shape index (κ1) is 27.2. The molecule has 0 saturated carbocycles. The predicted molar refractivity (Wildman–Crippen MR) is 146 cm³/mol. The summed E-state index contributed by atoms with van der Waals surface area (Å²) in [6.45, 7) is 2.69. The van der Waals surface area contributed by atoms with Crippen LogP contribution in [0.4, 0.5) is 10.5 Å². The maximum absolute atomic E-state index is 12.3. The molecule has 0 aliphatic carbocycles. The van der Waals surface area contributed by atoms with Crippen LogP contribution < -0.4 is 10.6 Å². The van der Waals surface area contributed by atoms with Crippen molar-refractivity contribution in [2.75, 3.05) is 23.4 Å². The van der Waals surface area contributed by atoms with Crippen molar-refractivity contribution < 1.29 is 24.5 Å². The Morgan fingerprint density at radius 2 is 1.59 bits per heavy atom. The van der Waals surface area contributed by atoms with E-state index in [1.165, 1.54) is 0 Å². The van der Waals surface area contributed by atoms with E-state index < -0.39 is 6.29 Å². The summed E-state index contributed by atoms with van der Waals surface area (Å²) in [7, 11) is 0. The number of thioether (sulfide) groups is 1. The van der Waals surface area contributed by atoms with E-state index in [0.29, 0.717) is 18.0 Å². The fourth-order valence-electron chi connectivity index (χ4n) is 4.25. The molecule has 1 fully saturated rings. The van der Waals surface area contributed by atoms with Gasteiger partial charge in [0, 0.05) is 35.2 Å². The Morgan fingerprint density at radius 1 is 0.892 bits per heavy atom. The minimum atomic E-state index is -0.570. The highest BCUT2D eigenvalue weighted by Crippen LogP contribution is 2.42. The lowest BCUT2D eigenvalue weighted by molar-refractivity contribution is -0.268. The zero-order chi connectivity index (χ0) is 26.0. The summed E-state index contributed by atoms with van der Waals surface area (Å²) in [6, 6.07) is 24.8. The highest BCUT2D eigenvalue weighted by Gasteiger charge is 2.38. The molecule has 0 spiro atoms. The molecule has 2 amide bonds. The fourth-order valence-corrected chi connectivity index (χ4v) is 5.16. The molecule has 7 nitrogen and oxygen atoms in total. The van der Waals surface area contributed by atoms with Gasteiger partial charge in [0.05, 0.1) is 25.4 Å². The van der Waals surface area contributed by atoms with E-state index in [2.05, 4.69) is 17.6 Å². The number of nitrogens with one attached hydrogen (secondary N) is 2. The maximum Gasteiger partial charge on any atom is 0.319 e. The van der Waals surface area contributed by atoms with E-state index in [0.717, 1.165) is 28.0 Å². The normalized spacial score (nSPS) is 21.4. The SMILES string of the molecule is C[C@@H]1[C@H](CSCCO)O[C@H](c2ccc(NC(=O)NCc3ccccc3)cc2)O[C@@H]1c1ccc(CO)cc1. The van der Waals surface area contributed by atoms with Gasteiger partial charge in [0.2, 0.25) is 0 Å². The lowest BCUT2D eigenvalue weighted by atomic mass is 9.91. The molecule has 1 aliphatic heterocycles. The Hall–Kier alpha value is -2.88. The van der Waals surface area contributed by atoms with Crippen LogP contribution in [0.3, 0.4) is 0 Å². The average molecular weight is 523 g/mol. The number of carbonyl (C=O) groups excluding carboxylic acids is 1. The van der Waals surface area contributed by atoms with Crippen molar-refractivity contribution in [2.24, 2.45) is 5.92 Å². The van der Waals surface area contributed by atoms with E-state index in [-0.39, 0.29) is 37.4 Å². The second-order valence-electron chi connectivity index (χ2n) is 9.04. The molecule has 0 aromatic heterocycles. The summed E-state index contributed by atoms with van der Waals surface area (Å²) in [5.41, 5.74) is 4.44. The van der Waals surface area contributed by atoms with E-state index in [4.69, 9.17) is 9.47 Å². The molecule has 1 heterocycles. The standard InChI is InChI=1S/C29H34N2O5S/c1-20-26(19-37-16-15-32)35-28(36-27(20)23-9-7-22(18-33)8-10-23)24-11-13-25(14-12-24)31-29(34)30-17-21-5-3-2-4-6-21/h2-14,20,26-28,32-33H,15-19H2,1H3,(H2,30,31,34)/t20-,26+,27+,28+/m1/s1. The van der Waals surface area contributed by atoms with Crippen LogP contribution in [0.2, 0.25) is 0 Å². The highest BCUT2D eigenvalue weighted by atomic mass is 32.2. The van der Waals surface area contributed by atoms with Gasteiger partial charge in [-0.1, -0.05) is 73.7 Å². The van der Waals surface area contributed by atoms with Gasteiger partial charge < -0.3 is 30.3 Å². The summed E-state index contributed by atoms with van der Waals surface area (Å²) in [4.78, 5) is 12.3. The van der Waals surface area contributed by atoms with Gasteiger partial charge >= 0.3 is 6.03 Å². The van der Waals surface area contributed by atoms with E-state index in [1.54, 1.807) is 11.8 Å². The van der Waals surface area contributed by atoms with Crippen molar-refractivity contribution in [1.29, 1.82) is 0 Å². The monoisotopic (exact) mass is 522 g/mol. The fraction of sp³-hybridized carbons (Fsp3) is 0.345. The van der Waals surface area contributed by atoms with Gasteiger partial charge in [0.15, 0.2) is 6.29 Å². The number of hydrogen-bond donors (Lipinski definition) is 4. The van der Waals surface area contributed by atoms with Crippen molar-refractivity contribution in [3.05, 3.63) is 101 Å². The number of rotatable bonds is 10. The molecule has 1 saturated heterocycles. The molecule has 0 bridgehead atoms. The van der Waals surface area contributed by atoms with Gasteiger partial charge in [-0.05, 0) is 28.8 Å².